The van der Waals surface area contributed by atoms with Gasteiger partial charge in [0.05, 0.1) is 5.56 Å². The molecule has 92 valence electrons. The molecule has 0 atom stereocenters. The summed E-state index contributed by atoms with van der Waals surface area (Å²) in [6, 6.07) is 13.4. The van der Waals surface area contributed by atoms with E-state index in [0.717, 1.165) is 13.7 Å². The van der Waals surface area contributed by atoms with Crippen LogP contribution in [0.2, 0.25) is 0 Å². The van der Waals surface area contributed by atoms with Gasteiger partial charge in [0.1, 0.15) is 0 Å². The lowest BCUT2D eigenvalue weighted by Gasteiger charge is -2.07. The lowest BCUT2D eigenvalue weighted by Crippen LogP contribution is -2.12. The fraction of sp³-hybridized carbons (Fsp3) is 0.0714. The van der Waals surface area contributed by atoms with E-state index in [1.165, 1.54) is 5.56 Å². The van der Waals surface area contributed by atoms with Crippen LogP contribution in [0.4, 0.5) is 5.69 Å². The number of carbonyl (C=O) groups excluding carboxylic acids is 1. The summed E-state index contributed by atoms with van der Waals surface area (Å²) in [5, 5.41) is 2.88. The molecule has 0 bridgehead atoms. The van der Waals surface area contributed by atoms with Gasteiger partial charge in [-0.05, 0) is 75.8 Å². The zero-order chi connectivity index (χ0) is 13.1. The van der Waals surface area contributed by atoms with Gasteiger partial charge >= 0.3 is 0 Å². The van der Waals surface area contributed by atoms with Crippen LogP contribution in [-0.2, 0) is 0 Å². The summed E-state index contributed by atoms with van der Waals surface area (Å²) in [5.41, 5.74) is 2.61. The highest BCUT2D eigenvalue weighted by Crippen LogP contribution is 2.21. The Hall–Kier alpha value is -0.880. The molecule has 1 amide bonds. The first-order chi connectivity index (χ1) is 8.56. The molecule has 0 saturated carbocycles. The third-order valence-electron chi connectivity index (χ3n) is 2.48. The second kappa shape index (κ2) is 5.84. The van der Waals surface area contributed by atoms with Crippen molar-refractivity contribution in [3.63, 3.8) is 0 Å². The van der Waals surface area contributed by atoms with Gasteiger partial charge in [-0.2, -0.15) is 0 Å². The van der Waals surface area contributed by atoms with Gasteiger partial charge in [-0.1, -0.05) is 17.7 Å². The average molecular weight is 416 g/mol. The zero-order valence-corrected chi connectivity index (χ0v) is 13.4. The predicted molar refractivity (Wildman–Crippen MR) is 86.0 cm³/mol. The number of nitrogens with one attached hydrogen (secondary N) is 1. The van der Waals surface area contributed by atoms with E-state index < -0.39 is 0 Å². The maximum Gasteiger partial charge on any atom is 0.256 e. The first-order valence-corrected chi connectivity index (χ1v) is 7.26. The van der Waals surface area contributed by atoms with E-state index in [-0.39, 0.29) is 5.91 Å². The van der Waals surface area contributed by atoms with Crippen molar-refractivity contribution >= 4 is 50.1 Å². The van der Waals surface area contributed by atoms with Crippen LogP contribution in [0.5, 0.6) is 0 Å². The van der Waals surface area contributed by atoms with Crippen LogP contribution in [0.3, 0.4) is 0 Å². The monoisotopic (exact) mass is 415 g/mol. The van der Waals surface area contributed by atoms with Crippen LogP contribution >= 0.6 is 38.5 Å². The number of carbonyl (C=O) groups is 1. The largest absolute Gasteiger partial charge is 0.322 e. The summed E-state index contributed by atoms with van der Waals surface area (Å²) in [5.74, 6) is -0.107. The van der Waals surface area contributed by atoms with Crippen molar-refractivity contribution in [1.29, 1.82) is 0 Å². The molecular weight excluding hydrogens is 405 g/mol. The molecule has 0 saturated heterocycles. The smallest absolute Gasteiger partial charge is 0.256 e. The van der Waals surface area contributed by atoms with E-state index in [9.17, 15) is 4.79 Å². The summed E-state index contributed by atoms with van der Waals surface area (Å²) in [6.45, 7) is 2.02. The molecule has 2 aromatic carbocycles. The summed E-state index contributed by atoms with van der Waals surface area (Å²) in [7, 11) is 0. The van der Waals surface area contributed by atoms with Crippen molar-refractivity contribution in [3.8, 4) is 0 Å². The Labute approximate surface area is 128 Å². The number of halogens is 2. The molecule has 2 rings (SSSR count). The van der Waals surface area contributed by atoms with Crippen LogP contribution in [0, 0.1) is 10.5 Å². The fourth-order valence-electron chi connectivity index (χ4n) is 1.51. The highest BCUT2D eigenvalue weighted by Gasteiger charge is 2.10. The van der Waals surface area contributed by atoms with Gasteiger partial charge < -0.3 is 5.32 Å². The van der Waals surface area contributed by atoms with E-state index in [4.69, 9.17) is 0 Å². The number of amides is 1. The lowest BCUT2D eigenvalue weighted by molar-refractivity contribution is 0.102. The SMILES string of the molecule is Cc1ccc(NC(=O)c2cc(I)ccc2Br)cc1. The van der Waals surface area contributed by atoms with Gasteiger partial charge in [-0.3, -0.25) is 4.79 Å². The Morgan fingerprint density at radius 3 is 2.50 bits per heavy atom. The number of aryl methyl sites for hydroxylation is 1. The molecular formula is C14H11BrINO. The maximum atomic E-state index is 12.1. The Bertz CT molecular complexity index is 581. The van der Waals surface area contributed by atoms with Gasteiger partial charge in [-0.25, -0.2) is 0 Å². The molecule has 2 nitrogen and oxygen atoms in total. The molecule has 0 spiro atoms. The summed E-state index contributed by atoms with van der Waals surface area (Å²) in [4.78, 5) is 12.1. The molecule has 0 aliphatic rings. The number of anilines is 1. The molecule has 4 heteroatoms. The Morgan fingerprint density at radius 1 is 1.17 bits per heavy atom. The third-order valence-corrected chi connectivity index (χ3v) is 3.84. The number of hydrogen-bond donors (Lipinski definition) is 1. The van der Waals surface area contributed by atoms with E-state index in [2.05, 4.69) is 43.8 Å². The number of hydrogen-bond acceptors (Lipinski definition) is 1. The minimum Gasteiger partial charge on any atom is -0.322 e. The first kappa shape index (κ1) is 13.5. The minimum absolute atomic E-state index is 0.107. The lowest BCUT2D eigenvalue weighted by atomic mass is 10.2. The van der Waals surface area contributed by atoms with Crippen LogP contribution in [0.15, 0.2) is 46.9 Å². The highest BCUT2D eigenvalue weighted by atomic mass is 127. The number of rotatable bonds is 2. The standard InChI is InChI=1S/C14H11BrINO/c1-9-2-5-11(6-3-9)17-14(18)12-8-10(16)4-7-13(12)15/h2-8H,1H3,(H,17,18). The van der Waals surface area contributed by atoms with E-state index in [1.807, 2.05) is 49.4 Å². The van der Waals surface area contributed by atoms with Crippen LogP contribution in [0.1, 0.15) is 15.9 Å². The van der Waals surface area contributed by atoms with E-state index in [0.29, 0.717) is 5.56 Å². The second-order valence-electron chi connectivity index (χ2n) is 3.94. The molecule has 1 N–H and O–H groups in total. The van der Waals surface area contributed by atoms with Gasteiger partial charge in [-0.15, -0.1) is 0 Å². The molecule has 2 aromatic rings. The van der Waals surface area contributed by atoms with Crippen LogP contribution < -0.4 is 5.32 Å². The summed E-state index contributed by atoms with van der Waals surface area (Å²) >= 11 is 5.58. The summed E-state index contributed by atoms with van der Waals surface area (Å²) < 4.78 is 1.83. The second-order valence-corrected chi connectivity index (χ2v) is 6.04. The van der Waals surface area contributed by atoms with Gasteiger partial charge in [0, 0.05) is 13.7 Å². The minimum atomic E-state index is -0.107. The average Bonchev–Trinajstić information content (AvgIpc) is 2.35. The van der Waals surface area contributed by atoms with Crippen LogP contribution in [-0.4, -0.2) is 5.91 Å². The van der Waals surface area contributed by atoms with Crippen molar-refractivity contribution < 1.29 is 4.79 Å². The topological polar surface area (TPSA) is 29.1 Å². The molecule has 0 unspecified atom stereocenters. The van der Waals surface area contributed by atoms with Crippen molar-refractivity contribution in [3.05, 3.63) is 61.6 Å². The van der Waals surface area contributed by atoms with Gasteiger partial charge in [0.2, 0.25) is 0 Å². The highest BCUT2D eigenvalue weighted by molar-refractivity contribution is 14.1. The molecule has 0 aromatic heterocycles. The fourth-order valence-corrected chi connectivity index (χ4v) is 2.42. The zero-order valence-electron chi connectivity index (χ0n) is 9.71. The maximum absolute atomic E-state index is 12.1. The molecule has 0 heterocycles. The van der Waals surface area contributed by atoms with Crippen molar-refractivity contribution in [2.24, 2.45) is 0 Å². The number of benzene rings is 2. The molecule has 18 heavy (non-hydrogen) atoms. The van der Waals surface area contributed by atoms with Crippen LogP contribution in [0.25, 0.3) is 0 Å². The molecule has 0 aliphatic heterocycles. The predicted octanol–water partition coefficient (Wildman–Crippen LogP) is 4.61. The Kier molecular flexibility index (Phi) is 4.40. The van der Waals surface area contributed by atoms with Crippen molar-refractivity contribution in [2.75, 3.05) is 5.32 Å². The third kappa shape index (κ3) is 3.32. The van der Waals surface area contributed by atoms with Gasteiger partial charge in [0.25, 0.3) is 5.91 Å². The molecule has 0 aliphatic carbocycles. The quantitative estimate of drug-likeness (QED) is 0.712. The molecule has 0 radical (unpaired) electrons. The Morgan fingerprint density at radius 2 is 1.83 bits per heavy atom. The Balaban J connectivity index is 2.21. The molecule has 0 fully saturated rings. The first-order valence-electron chi connectivity index (χ1n) is 5.39. The van der Waals surface area contributed by atoms with E-state index >= 15 is 0 Å². The summed E-state index contributed by atoms with van der Waals surface area (Å²) in [6.07, 6.45) is 0. The van der Waals surface area contributed by atoms with Gasteiger partial charge in [0.15, 0.2) is 0 Å². The van der Waals surface area contributed by atoms with Crippen molar-refractivity contribution in [1.82, 2.24) is 0 Å². The van der Waals surface area contributed by atoms with Crippen molar-refractivity contribution in [2.45, 2.75) is 6.92 Å². The van der Waals surface area contributed by atoms with E-state index in [1.54, 1.807) is 0 Å². The normalized spacial score (nSPS) is 10.2.